The first-order valence-electron chi connectivity index (χ1n) is 8.19. The van der Waals surface area contributed by atoms with Crippen LogP contribution >= 0.6 is 23.1 Å². The van der Waals surface area contributed by atoms with Gasteiger partial charge >= 0.3 is 0 Å². The van der Waals surface area contributed by atoms with Gasteiger partial charge in [-0.25, -0.2) is 9.97 Å². The van der Waals surface area contributed by atoms with Gasteiger partial charge in [-0.1, -0.05) is 60.3 Å². The van der Waals surface area contributed by atoms with Crippen molar-refractivity contribution in [1.29, 1.82) is 0 Å². The molecule has 2 heterocycles. The smallest absolute Gasteiger partial charge is 0.267 e. The second kappa shape index (κ2) is 6.70. The summed E-state index contributed by atoms with van der Waals surface area (Å²) in [5, 5.41) is 0. The van der Waals surface area contributed by atoms with Gasteiger partial charge in [0.2, 0.25) is 0 Å². The molecular weight excluding hydrogens is 362 g/mol. The molecule has 2 aromatic carbocycles. The van der Waals surface area contributed by atoms with Crippen molar-refractivity contribution in [3.05, 3.63) is 70.0 Å². The Kier molecular flexibility index (Phi) is 4.38. The molecule has 130 valence electrons. The summed E-state index contributed by atoms with van der Waals surface area (Å²) in [4.78, 5) is 22.7. The second-order valence-electron chi connectivity index (χ2n) is 6.02. The molecule has 4 nitrogen and oxygen atoms in total. The largest absolute Gasteiger partial charge is 0.278 e. The fraction of sp³-hybridized carbons (Fsp3) is 0.150. The minimum absolute atomic E-state index is 0.0657. The summed E-state index contributed by atoms with van der Waals surface area (Å²) < 4.78 is 3.18. The van der Waals surface area contributed by atoms with Crippen LogP contribution in [0, 0.1) is 13.8 Å². The lowest BCUT2D eigenvalue weighted by molar-refractivity contribution is 0.952. The number of thioether (sulfide) groups is 1. The Morgan fingerprint density at radius 2 is 1.65 bits per heavy atom. The number of hydrogen-bond acceptors (Lipinski definition) is 5. The molecule has 0 radical (unpaired) electrons. The highest BCUT2D eigenvalue weighted by Crippen LogP contribution is 2.29. The standard InChI is InChI=1S/C20H17N3OS2/c1-12-8-7-9-13(2)15(12)23-18(14-10-5-4-6-11-14)21-17-16(19(23)24)26-20(22-17)25-3/h4-11H,1-3H3. The number of fused-ring (bicyclic) bond motifs is 1. The van der Waals surface area contributed by atoms with E-state index in [4.69, 9.17) is 4.98 Å². The topological polar surface area (TPSA) is 47.8 Å². The van der Waals surface area contributed by atoms with Crippen LogP contribution in [0.4, 0.5) is 0 Å². The molecule has 0 aliphatic carbocycles. The zero-order valence-corrected chi connectivity index (χ0v) is 16.3. The number of thiazole rings is 1. The van der Waals surface area contributed by atoms with E-state index in [-0.39, 0.29) is 5.56 Å². The van der Waals surface area contributed by atoms with Crippen LogP contribution in [0.25, 0.3) is 27.4 Å². The highest BCUT2D eigenvalue weighted by molar-refractivity contribution is 8.00. The fourth-order valence-electron chi connectivity index (χ4n) is 3.09. The van der Waals surface area contributed by atoms with Crippen molar-refractivity contribution in [3.8, 4) is 17.1 Å². The minimum atomic E-state index is -0.0657. The maximum absolute atomic E-state index is 13.4. The summed E-state index contributed by atoms with van der Waals surface area (Å²) in [5.41, 5.74) is 4.33. The molecule has 0 unspecified atom stereocenters. The van der Waals surface area contributed by atoms with Crippen LogP contribution in [0.1, 0.15) is 11.1 Å². The van der Waals surface area contributed by atoms with E-state index >= 15 is 0 Å². The Morgan fingerprint density at radius 1 is 0.962 bits per heavy atom. The van der Waals surface area contributed by atoms with Crippen molar-refractivity contribution in [2.75, 3.05) is 6.26 Å². The van der Waals surface area contributed by atoms with E-state index in [1.54, 1.807) is 4.57 Å². The van der Waals surface area contributed by atoms with E-state index in [0.29, 0.717) is 16.2 Å². The van der Waals surface area contributed by atoms with Crippen molar-refractivity contribution < 1.29 is 0 Å². The van der Waals surface area contributed by atoms with Crippen molar-refractivity contribution in [2.24, 2.45) is 0 Å². The van der Waals surface area contributed by atoms with Crippen molar-refractivity contribution >= 4 is 33.4 Å². The van der Waals surface area contributed by atoms with Gasteiger partial charge in [0.1, 0.15) is 10.5 Å². The van der Waals surface area contributed by atoms with E-state index in [0.717, 1.165) is 26.7 Å². The maximum Gasteiger partial charge on any atom is 0.278 e. The number of hydrogen-bond donors (Lipinski definition) is 0. The first-order chi connectivity index (χ1) is 12.6. The zero-order valence-electron chi connectivity index (χ0n) is 14.7. The van der Waals surface area contributed by atoms with E-state index < -0.39 is 0 Å². The lowest BCUT2D eigenvalue weighted by Crippen LogP contribution is -2.22. The van der Waals surface area contributed by atoms with Crippen molar-refractivity contribution in [2.45, 2.75) is 18.2 Å². The van der Waals surface area contributed by atoms with Crippen molar-refractivity contribution in [3.63, 3.8) is 0 Å². The molecule has 0 bridgehead atoms. The number of aromatic nitrogens is 3. The molecule has 0 amide bonds. The van der Waals surface area contributed by atoms with Crippen LogP contribution < -0.4 is 5.56 Å². The highest BCUT2D eigenvalue weighted by Gasteiger charge is 2.19. The van der Waals surface area contributed by atoms with Crippen LogP contribution in [0.15, 0.2) is 57.7 Å². The summed E-state index contributed by atoms with van der Waals surface area (Å²) in [6, 6.07) is 15.9. The summed E-state index contributed by atoms with van der Waals surface area (Å²) in [5.74, 6) is 0.624. The van der Waals surface area contributed by atoms with Gasteiger partial charge in [-0.2, -0.15) is 0 Å². The van der Waals surface area contributed by atoms with Gasteiger partial charge in [0, 0.05) is 5.56 Å². The molecule has 2 aromatic heterocycles. The molecule has 4 aromatic rings. The summed E-state index contributed by atoms with van der Waals surface area (Å²) in [6.45, 7) is 4.04. The Hall–Kier alpha value is -2.44. The van der Waals surface area contributed by atoms with Gasteiger partial charge in [-0.15, -0.1) is 11.3 Å². The number of benzene rings is 2. The third kappa shape index (κ3) is 2.75. The number of aryl methyl sites for hydroxylation is 2. The monoisotopic (exact) mass is 379 g/mol. The van der Waals surface area contributed by atoms with E-state index in [1.165, 1.54) is 23.1 Å². The molecule has 0 aliphatic rings. The van der Waals surface area contributed by atoms with Crippen LogP contribution in [0.3, 0.4) is 0 Å². The SMILES string of the molecule is CSc1nc2nc(-c3ccccc3)n(-c3c(C)cccc3C)c(=O)c2s1. The molecule has 0 N–H and O–H groups in total. The van der Waals surface area contributed by atoms with E-state index in [9.17, 15) is 4.79 Å². The molecule has 6 heteroatoms. The molecule has 26 heavy (non-hydrogen) atoms. The predicted octanol–water partition coefficient (Wildman–Crippen LogP) is 4.85. The average molecular weight is 380 g/mol. The highest BCUT2D eigenvalue weighted by atomic mass is 32.2. The quantitative estimate of drug-likeness (QED) is 0.478. The third-order valence-electron chi connectivity index (χ3n) is 4.28. The Bertz CT molecular complexity index is 1140. The third-order valence-corrected chi connectivity index (χ3v) is 6.30. The van der Waals surface area contributed by atoms with E-state index in [2.05, 4.69) is 4.98 Å². The molecule has 0 aliphatic heterocycles. The molecule has 0 atom stereocenters. The summed E-state index contributed by atoms with van der Waals surface area (Å²) in [7, 11) is 0. The minimum Gasteiger partial charge on any atom is -0.267 e. The fourth-order valence-corrected chi connectivity index (χ4v) is 4.52. The number of para-hydroxylation sites is 1. The van der Waals surface area contributed by atoms with Gasteiger partial charge < -0.3 is 0 Å². The lowest BCUT2D eigenvalue weighted by atomic mass is 10.1. The molecular formula is C20H17N3OS2. The van der Waals surface area contributed by atoms with Gasteiger partial charge in [-0.3, -0.25) is 9.36 Å². The van der Waals surface area contributed by atoms with Gasteiger partial charge in [0.15, 0.2) is 9.99 Å². The second-order valence-corrected chi connectivity index (χ2v) is 8.07. The van der Waals surface area contributed by atoms with Crippen LogP contribution in [0.2, 0.25) is 0 Å². The Balaban J connectivity index is 2.16. The Labute approximate surface area is 159 Å². The normalized spacial score (nSPS) is 11.2. The maximum atomic E-state index is 13.4. The molecule has 0 saturated heterocycles. The van der Waals surface area contributed by atoms with Crippen molar-refractivity contribution in [1.82, 2.24) is 14.5 Å². The van der Waals surface area contributed by atoms with Crippen LogP contribution in [-0.4, -0.2) is 20.8 Å². The lowest BCUT2D eigenvalue weighted by Gasteiger charge is -2.16. The predicted molar refractivity (Wildman–Crippen MR) is 110 cm³/mol. The van der Waals surface area contributed by atoms with Gasteiger partial charge in [-0.05, 0) is 31.2 Å². The Morgan fingerprint density at radius 3 is 2.31 bits per heavy atom. The number of rotatable bonds is 3. The first kappa shape index (κ1) is 17.0. The first-order valence-corrected chi connectivity index (χ1v) is 10.2. The van der Waals surface area contributed by atoms with Crippen LogP contribution in [0.5, 0.6) is 0 Å². The van der Waals surface area contributed by atoms with Gasteiger partial charge in [0.25, 0.3) is 5.56 Å². The molecule has 0 saturated carbocycles. The van der Waals surface area contributed by atoms with Crippen LogP contribution in [-0.2, 0) is 0 Å². The van der Waals surface area contributed by atoms with Gasteiger partial charge in [0.05, 0.1) is 5.69 Å². The zero-order chi connectivity index (χ0) is 18.3. The van der Waals surface area contributed by atoms with E-state index in [1.807, 2.05) is 68.6 Å². The average Bonchev–Trinajstić information content (AvgIpc) is 3.07. The molecule has 0 spiro atoms. The summed E-state index contributed by atoms with van der Waals surface area (Å²) in [6.07, 6.45) is 1.96. The number of nitrogens with zero attached hydrogens (tertiary/aromatic N) is 3. The molecule has 0 fully saturated rings. The summed E-state index contributed by atoms with van der Waals surface area (Å²) >= 11 is 2.94. The molecule has 4 rings (SSSR count).